The molecule has 6 aliphatic rings. The fraction of sp³-hybridized carbons (Fsp3) is 0.862. The van der Waals surface area contributed by atoms with E-state index in [1.807, 2.05) is 0 Å². The van der Waals surface area contributed by atoms with E-state index in [1.54, 1.807) is 0 Å². The summed E-state index contributed by atoms with van der Waals surface area (Å²) in [4.78, 5) is 24.7. The van der Waals surface area contributed by atoms with Crippen molar-refractivity contribution in [3.05, 3.63) is 11.6 Å². The number of ketones is 1. The summed E-state index contributed by atoms with van der Waals surface area (Å²) < 4.78 is 18.5. The minimum absolute atomic E-state index is 0.0502. The van der Waals surface area contributed by atoms with Crippen molar-refractivity contribution in [2.75, 3.05) is 6.61 Å². The van der Waals surface area contributed by atoms with Crippen molar-refractivity contribution in [1.82, 2.24) is 0 Å². The van der Waals surface area contributed by atoms with Crippen LogP contribution in [0.25, 0.3) is 0 Å². The predicted molar refractivity (Wildman–Crippen MR) is 128 cm³/mol. The quantitative estimate of drug-likeness (QED) is 0.376. The minimum Gasteiger partial charge on any atom is -0.462 e. The van der Waals surface area contributed by atoms with Gasteiger partial charge in [0.05, 0.1) is 12.7 Å². The first-order chi connectivity index (χ1) is 16.1. The van der Waals surface area contributed by atoms with Gasteiger partial charge in [0.15, 0.2) is 5.78 Å². The molecule has 0 aromatic rings. The van der Waals surface area contributed by atoms with Gasteiger partial charge in [-0.2, -0.15) is 0 Å². The van der Waals surface area contributed by atoms with Crippen LogP contribution < -0.4 is 0 Å². The van der Waals surface area contributed by atoms with Crippen molar-refractivity contribution < 1.29 is 23.8 Å². The van der Waals surface area contributed by atoms with Gasteiger partial charge in [0.1, 0.15) is 6.10 Å². The van der Waals surface area contributed by atoms with Crippen LogP contribution in [0.5, 0.6) is 0 Å². The molecule has 34 heavy (non-hydrogen) atoms. The van der Waals surface area contributed by atoms with Crippen LogP contribution in [0, 0.1) is 46.3 Å². The van der Waals surface area contributed by atoms with Crippen molar-refractivity contribution >= 4 is 11.8 Å². The molecular formula is C29H42O5. The van der Waals surface area contributed by atoms with Crippen molar-refractivity contribution in [1.29, 1.82) is 0 Å². The Morgan fingerprint density at radius 2 is 1.91 bits per heavy atom. The Kier molecular flexibility index (Phi) is 5.22. The Hall–Kier alpha value is -1.20. The molecule has 0 bridgehead atoms. The smallest absolute Gasteiger partial charge is 0.302 e. The Labute approximate surface area is 204 Å². The van der Waals surface area contributed by atoms with Crippen LogP contribution in [-0.4, -0.2) is 36.4 Å². The number of Topliss-reactive ketones (excluding diaryl/α,β-unsaturated/α-hetero) is 1. The van der Waals surface area contributed by atoms with E-state index < -0.39 is 5.79 Å². The van der Waals surface area contributed by atoms with E-state index >= 15 is 0 Å². The molecule has 5 nitrogen and oxygen atoms in total. The number of hydrogen-bond donors (Lipinski definition) is 0. The second-order valence-electron chi connectivity index (χ2n) is 13.2. The predicted octanol–water partition coefficient (Wildman–Crippen LogP) is 5.46. The third-order valence-corrected chi connectivity index (χ3v) is 11.4. The molecule has 1 spiro atoms. The molecule has 0 unspecified atom stereocenters. The third-order valence-electron chi connectivity index (χ3n) is 11.4. The average molecular weight is 471 g/mol. The molecule has 2 aliphatic heterocycles. The van der Waals surface area contributed by atoms with Crippen LogP contribution in [0.4, 0.5) is 0 Å². The fourth-order valence-electron chi connectivity index (χ4n) is 9.92. The number of esters is 1. The first kappa shape index (κ1) is 23.2. The molecular weight excluding hydrogens is 428 g/mol. The van der Waals surface area contributed by atoms with Gasteiger partial charge in [0.2, 0.25) is 5.79 Å². The SMILES string of the molecule is CC(=O)O[C@H]1CC[C@@]2(C)C(=CC[C@H]3[C@@H]4C[C@@H]5O[C@@]6(OC[C@H](C)CC6=O)[C@@H](C)[C@@H]5[C@@]4(C)CC[C@@H]32)C1. The van der Waals surface area contributed by atoms with Gasteiger partial charge in [-0.3, -0.25) is 9.59 Å². The van der Waals surface area contributed by atoms with Gasteiger partial charge in [0.25, 0.3) is 0 Å². The number of allylic oxidation sites excluding steroid dienone is 1. The summed E-state index contributed by atoms with van der Waals surface area (Å²) in [7, 11) is 0. The zero-order valence-electron chi connectivity index (χ0n) is 21.6. The Morgan fingerprint density at radius 3 is 2.65 bits per heavy atom. The summed E-state index contributed by atoms with van der Waals surface area (Å²) in [6.45, 7) is 11.5. The van der Waals surface area contributed by atoms with E-state index in [2.05, 4.69) is 33.8 Å². The lowest BCUT2D eigenvalue weighted by Crippen LogP contribution is -2.55. The first-order valence-electron chi connectivity index (χ1n) is 13.8. The molecule has 11 atom stereocenters. The number of carbonyl (C=O) groups excluding carboxylic acids is 2. The van der Waals surface area contributed by atoms with Crippen LogP contribution in [-0.2, 0) is 23.8 Å². The van der Waals surface area contributed by atoms with Gasteiger partial charge < -0.3 is 14.2 Å². The molecule has 4 aliphatic carbocycles. The lowest BCUT2D eigenvalue weighted by atomic mass is 9.47. The molecule has 5 heteroatoms. The van der Waals surface area contributed by atoms with Crippen LogP contribution in [0.3, 0.4) is 0 Å². The van der Waals surface area contributed by atoms with E-state index in [9.17, 15) is 9.59 Å². The van der Waals surface area contributed by atoms with Gasteiger partial charge in [-0.1, -0.05) is 39.3 Å². The summed E-state index contributed by atoms with van der Waals surface area (Å²) in [6, 6.07) is 0. The largest absolute Gasteiger partial charge is 0.462 e. The van der Waals surface area contributed by atoms with Crippen molar-refractivity contribution in [3.63, 3.8) is 0 Å². The highest BCUT2D eigenvalue weighted by Crippen LogP contribution is 2.70. The topological polar surface area (TPSA) is 61.8 Å². The molecule has 0 aromatic heterocycles. The second-order valence-corrected chi connectivity index (χ2v) is 13.2. The summed E-state index contributed by atoms with van der Waals surface area (Å²) in [5, 5.41) is 0. The van der Waals surface area contributed by atoms with Gasteiger partial charge >= 0.3 is 5.97 Å². The summed E-state index contributed by atoms with van der Waals surface area (Å²) >= 11 is 0. The maximum absolute atomic E-state index is 13.2. The molecule has 5 fully saturated rings. The Balaban J connectivity index is 1.25. The summed E-state index contributed by atoms with van der Waals surface area (Å²) in [6.07, 6.45) is 10.9. The number of fused-ring (bicyclic) bond motifs is 7. The standard InChI is InChI=1S/C29H42O5/c1-16-12-25(31)29(32-15-16)17(2)26-24(34-29)14-23-21-7-6-19-13-20(33-18(3)30)8-10-27(19,4)22(21)9-11-28(23,26)5/h6,16-17,20-24,26H,7-15H2,1-5H3/t16-,17+,20+,21-,22+,23+,24+,26+,27+,28+,29+/m1/s1. The number of carbonyl (C=O) groups is 2. The van der Waals surface area contributed by atoms with E-state index in [0.29, 0.717) is 36.7 Å². The zero-order valence-corrected chi connectivity index (χ0v) is 21.6. The Bertz CT molecular complexity index is 925. The second kappa shape index (κ2) is 7.65. The minimum atomic E-state index is -0.993. The lowest BCUT2D eigenvalue weighted by molar-refractivity contribution is -0.251. The van der Waals surface area contributed by atoms with Gasteiger partial charge in [-0.25, -0.2) is 0 Å². The van der Waals surface area contributed by atoms with Crippen molar-refractivity contribution in [3.8, 4) is 0 Å². The van der Waals surface area contributed by atoms with Crippen LogP contribution in [0.2, 0.25) is 0 Å². The van der Waals surface area contributed by atoms with Gasteiger partial charge in [-0.15, -0.1) is 0 Å². The monoisotopic (exact) mass is 470 g/mol. The van der Waals surface area contributed by atoms with Crippen LogP contribution >= 0.6 is 0 Å². The number of ether oxygens (including phenoxy) is 3. The molecule has 0 N–H and O–H groups in total. The van der Waals surface area contributed by atoms with Crippen LogP contribution in [0.1, 0.15) is 86.0 Å². The maximum Gasteiger partial charge on any atom is 0.302 e. The maximum atomic E-state index is 13.2. The van der Waals surface area contributed by atoms with Crippen LogP contribution in [0.15, 0.2) is 11.6 Å². The number of hydrogen-bond acceptors (Lipinski definition) is 5. The molecule has 0 aromatic carbocycles. The molecule has 0 amide bonds. The molecule has 2 heterocycles. The zero-order chi connectivity index (χ0) is 24.0. The summed E-state index contributed by atoms with van der Waals surface area (Å²) in [5.41, 5.74) is 1.97. The molecule has 2 saturated heterocycles. The fourth-order valence-corrected chi connectivity index (χ4v) is 9.92. The number of rotatable bonds is 1. The molecule has 0 radical (unpaired) electrons. The highest BCUT2D eigenvalue weighted by Gasteiger charge is 2.70. The summed E-state index contributed by atoms with van der Waals surface area (Å²) in [5.74, 6) is 1.83. The van der Waals surface area contributed by atoms with E-state index in [1.165, 1.54) is 25.3 Å². The van der Waals surface area contributed by atoms with E-state index in [-0.39, 0.29) is 46.6 Å². The Morgan fingerprint density at radius 1 is 1.12 bits per heavy atom. The highest BCUT2D eigenvalue weighted by molar-refractivity contribution is 5.87. The molecule has 3 saturated carbocycles. The third kappa shape index (κ3) is 3.04. The van der Waals surface area contributed by atoms with Gasteiger partial charge in [0, 0.05) is 25.7 Å². The first-order valence-corrected chi connectivity index (χ1v) is 13.8. The normalized spacial score (nSPS) is 54.0. The highest BCUT2D eigenvalue weighted by atomic mass is 16.7. The lowest BCUT2D eigenvalue weighted by Gasteiger charge is -2.58. The average Bonchev–Trinajstić information content (AvgIpc) is 3.22. The van der Waals surface area contributed by atoms with Crippen molar-refractivity contribution in [2.45, 2.75) is 104 Å². The van der Waals surface area contributed by atoms with E-state index in [4.69, 9.17) is 14.2 Å². The molecule has 188 valence electrons. The van der Waals surface area contributed by atoms with Gasteiger partial charge in [-0.05, 0) is 78.9 Å². The van der Waals surface area contributed by atoms with E-state index in [0.717, 1.165) is 32.1 Å². The van der Waals surface area contributed by atoms with Crippen molar-refractivity contribution in [2.24, 2.45) is 46.3 Å². The molecule has 6 rings (SSSR count).